The number of hydrogen-bond donors (Lipinski definition) is 1. The van der Waals surface area contributed by atoms with Gasteiger partial charge in [0.25, 0.3) is 0 Å². The molecule has 2 atom stereocenters. The molecule has 0 spiro atoms. The fraction of sp³-hybridized carbons (Fsp3) is 0.333. The molecule has 4 rings (SSSR count). The van der Waals surface area contributed by atoms with Crippen LogP contribution in [-0.4, -0.2) is 38.7 Å². The summed E-state index contributed by atoms with van der Waals surface area (Å²) in [5, 5.41) is 2.85. The topological polar surface area (TPSA) is 84.3 Å². The summed E-state index contributed by atoms with van der Waals surface area (Å²) in [7, 11) is 0. The SMILES string of the molecule is O=C(CCN1C(=O)[C@H]2CC=CC[C@H]2C1=O)NCc1ccc(-n2ccnc2)cc1. The monoisotopic (exact) mass is 378 g/mol. The van der Waals surface area contributed by atoms with Crippen LogP contribution in [0.3, 0.4) is 0 Å². The maximum absolute atomic E-state index is 12.4. The van der Waals surface area contributed by atoms with Crippen molar-refractivity contribution in [3.63, 3.8) is 0 Å². The van der Waals surface area contributed by atoms with Gasteiger partial charge in [0, 0.05) is 37.6 Å². The lowest BCUT2D eigenvalue weighted by molar-refractivity contribution is -0.140. The van der Waals surface area contributed by atoms with E-state index >= 15 is 0 Å². The molecule has 0 radical (unpaired) electrons. The number of hydrogen-bond acceptors (Lipinski definition) is 4. The second kappa shape index (κ2) is 7.80. The highest BCUT2D eigenvalue weighted by atomic mass is 16.2. The molecular formula is C21H22N4O3. The Hall–Kier alpha value is -3.22. The number of imide groups is 1. The zero-order chi connectivity index (χ0) is 19.5. The first-order valence-electron chi connectivity index (χ1n) is 9.47. The lowest BCUT2D eigenvalue weighted by Crippen LogP contribution is -2.35. The standard InChI is InChI=1S/C21H22N4O3/c26-19(9-11-25-20(27)17-3-1-2-4-18(17)21(25)28)23-13-15-5-7-16(8-6-15)24-12-10-22-14-24/h1-2,5-8,10,12,14,17-18H,3-4,9,11,13H2,(H,23,26)/t17-,18+. The number of aromatic nitrogens is 2. The Kier molecular flexibility index (Phi) is 5.06. The molecule has 1 N–H and O–H groups in total. The van der Waals surface area contributed by atoms with Crippen molar-refractivity contribution in [1.29, 1.82) is 0 Å². The van der Waals surface area contributed by atoms with E-state index < -0.39 is 0 Å². The number of benzene rings is 1. The molecular weight excluding hydrogens is 356 g/mol. The van der Waals surface area contributed by atoms with Crippen LogP contribution in [0.25, 0.3) is 5.69 Å². The van der Waals surface area contributed by atoms with Crippen molar-refractivity contribution in [1.82, 2.24) is 19.8 Å². The smallest absolute Gasteiger partial charge is 0.233 e. The number of amides is 3. The van der Waals surface area contributed by atoms with E-state index in [4.69, 9.17) is 0 Å². The quantitative estimate of drug-likeness (QED) is 0.614. The molecule has 1 aliphatic carbocycles. The summed E-state index contributed by atoms with van der Waals surface area (Å²) in [5.41, 5.74) is 1.97. The minimum Gasteiger partial charge on any atom is -0.352 e. The third-order valence-corrected chi connectivity index (χ3v) is 5.39. The molecule has 1 fully saturated rings. The first-order chi connectivity index (χ1) is 13.6. The van der Waals surface area contributed by atoms with E-state index in [1.807, 2.05) is 47.2 Å². The molecule has 1 aliphatic heterocycles. The highest BCUT2D eigenvalue weighted by molar-refractivity contribution is 6.05. The van der Waals surface area contributed by atoms with Gasteiger partial charge < -0.3 is 9.88 Å². The van der Waals surface area contributed by atoms with Gasteiger partial charge in [-0.15, -0.1) is 0 Å². The average molecular weight is 378 g/mol. The van der Waals surface area contributed by atoms with Gasteiger partial charge in [-0.1, -0.05) is 24.3 Å². The number of rotatable bonds is 6. The third-order valence-electron chi connectivity index (χ3n) is 5.39. The number of nitrogens with zero attached hydrogens (tertiary/aromatic N) is 3. The summed E-state index contributed by atoms with van der Waals surface area (Å²) in [6.45, 7) is 0.552. The van der Waals surface area contributed by atoms with Gasteiger partial charge in [0.2, 0.25) is 17.7 Å². The highest BCUT2D eigenvalue weighted by Crippen LogP contribution is 2.34. The first kappa shape index (κ1) is 18.2. The van der Waals surface area contributed by atoms with Gasteiger partial charge in [-0.25, -0.2) is 4.98 Å². The minimum absolute atomic E-state index is 0.122. The summed E-state index contributed by atoms with van der Waals surface area (Å²) in [6.07, 6.45) is 10.6. The first-order valence-corrected chi connectivity index (χ1v) is 9.47. The van der Waals surface area contributed by atoms with Crippen LogP contribution in [0.5, 0.6) is 0 Å². The average Bonchev–Trinajstić information content (AvgIpc) is 3.34. The molecule has 7 nitrogen and oxygen atoms in total. The summed E-state index contributed by atoms with van der Waals surface area (Å²) in [4.78, 5) is 42.3. The number of likely N-dealkylation sites (tertiary alicyclic amines) is 1. The maximum Gasteiger partial charge on any atom is 0.233 e. The second-order valence-electron chi connectivity index (χ2n) is 7.15. The van der Waals surface area contributed by atoms with Crippen molar-refractivity contribution < 1.29 is 14.4 Å². The fourth-order valence-electron chi connectivity index (χ4n) is 3.79. The van der Waals surface area contributed by atoms with Crippen molar-refractivity contribution in [3.05, 3.63) is 60.7 Å². The molecule has 1 saturated heterocycles. The molecule has 2 aromatic rings. The Labute approximate surface area is 163 Å². The van der Waals surface area contributed by atoms with E-state index in [-0.39, 0.29) is 42.5 Å². The van der Waals surface area contributed by atoms with Gasteiger partial charge in [-0.05, 0) is 30.5 Å². The van der Waals surface area contributed by atoms with Crippen LogP contribution in [0.15, 0.2) is 55.1 Å². The number of allylic oxidation sites excluding steroid dienone is 2. The van der Waals surface area contributed by atoms with Crippen molar-refractivity contribution >= 4 is 17.7 Å². The summed E-state index contributed by atoms with van der Waals surface area (Å²) in [6, 6.07) is 7.81. The number of imidazole rings is 1. The Morgan fingerprint density at radius 2 is 1.75 bits per heavy atom. The van der Waals surface area contributed by atoms with Gasteiger partial charge >= 0.3 is 0 Å². The van der Waals surface area contributed by atoms with Crippen LogP contribution in [0.2, 0.25) is 0 Å². The Morgan fingerprint density at radius 1 is 1.07 bits per heavy atom. The summed E-state index contributed by atoms with van der Waals surface area (Å²) in [5.74, 6) is -0.930. The Balaban J connectivity index is 1.26. The molecule has 1 aromatic heterocycles. The van der Waals surface area contributed by atoms with E-state index in [9.17, 15) is 14.4 Å². The second-order valence-corrected chi connectivity index (χ2v) is 7.15. The van der Waals surface area contributed by atoms with E-state index in [1.165, 1.54) is 4.90 Å². The van der Waals surface area contributed by atoms with E-state index in [0.717, 1.165) is 11.3 Å². The van der Waals surface area contributed by atoms with Crippen LogP contribution in [0, 0.1) is 11.8 Å². The number of nitrogens with one attached hydrogen (secondary N) is 1. The molecule has 1 aromatic carbocycles. The van der Waals surface area contributed by atoms with Crippen molar-refractivity contribution in [3.8, 4) is 5.69 Å². The molecule has 7 heteroatoms. The fourth-order valence-corrected chi connectivity index (χ4v) is 3.79. The maximum atomic E-state index is 12.4. The van der Waals surface area contributed by atoms with Crippen LogP contribution in [-0.2, 0) is 20.9 Å². The largest absolute Gasteiger partial charge is 0.352 e. The minimum atomic E-state index is -0.241. The Morgan fingerprint density at radius 3 is 2.36 bits per heavy atom. The molecule has 0 unspecified atom stereocenters. The molecule has 0 saturated carbocycles. The van der Waals surface area contributed by atoms with Gasteiger partial charge in [0.05, 0.1) is 18.2 Å². The van der Waals surface area contributed by atoms with Gasteiger partial charge in [-0.2, -0.15) is 0 Å². The van der Waals surface area contributed by atoms with Gasteiger partial charge in [-0.3, -0.25) is 19.3 Å². The molecule has 28 heavy (non-hydrogen) atoms. The highest BCUT2D eigenvalue weighted by Gasteiger charge is 2.46. The lowest BCUT2D eigenvalue weighted by atomic mass is 9.85. The van der Waals surface area contributed by atoms with E-state index in [0.29, 0.717) is 19.4 Å². The van der Waals surface area contributed by atoms with Gasteiger partial charge in [0.15, 0.2) is 0 Å². The zero-order valence-electron chi connectivity index (χ0n) is 15.5. The number of fused-ring (bicyclic) bond motifs is 1. The predicted octanol–water partition coefficient (Wildman–Crippen LogP) is 1.83. The van der Waals surface area contributed by atoms with Crippen LogP contribution >= 0.6 is 0 Å². The van der Waals surface area contributed by atoms with Crippen molar-refractivity contribution in [2.75, 3.05) is 6.54 Å². The molecule has 2 aliphatic rings. The van der Waals surface area contributed by atoms with Crippen molar-refractivity contribution in [2.24, 2.45) is 11.8 Å². The van der Waals surface area contributed by atoms with Crippen LogP contribution in [0.4, 0.5) is 0 Å². The Bertz CT molecular complexity index is 876. The predicted molar refractivity (Wildman–Crippen MR) is 102 cm³/mol. The molecule has 2 heterocycles. The van der Waals surface area contributed by atoms with Crippen LogP contribution in [0.1, 0.15) is 24.8 Å². The summed E-state index contributed by atoms with van der Waals surface area (Å²) >= 11 is 0. The third kappa shape index (κ3) is 3.60. The molecule has 3 amide bonds. The number of carbonyl (C=O) groups is 3. The lowest BCUT2D eigenvalue weighted by Gasteiger charge is -2.14. The summed E-state index contributed by atoms with van der Waals surface area (Å²) < 4.78 is 1.90. The van der Waals surface area contributed by atoms with Crippen molar-refractivity contribution in [2.45, 2.75) is 25.8 Å². The van der Waals surface area contributed by atoms with E-state index in [1.54, 1.807) is 12.5 Å². The molecule has 0 bridgehead atoms. The van der Waals surface area contributed by atoms with E-state index in [2.05, 4.69) is 10.3 Å². The normalized spacial score (nSPS) is 21.1. The zero-order valence-corrected chi connectivity index (χ0v) is 15.5. The molecule has 144 valence electrons. The number of carbonyl (C=O) groups excluding carboxylic acids is 3. The van der Waals surface area contributed by atoms with Gasteiger partial charge in [0.1, 0.15) is 0 Å². The van der Waals surface area contributed by atoms with Crippen LogP contribution < -0.4 is 5.32 Å².